The molecule has 5 nitrogen and oxygen atoms in total. The Labute approximate surface area is 230 Å². The number of nitrogens with zero attached hydrogens (tertiary/aromatic N) is 2. The normalized spacial score (nSPS) is 16.6. The van der Waals surface area contributed by atoms with Gasteiger partial charge in [0.2, 0.25) is 0 Å². The molecule has 1 atom stereocenters. The van der Waals surface area contributed by atoms with Crippen LogP contribution < -0.4 is 19.6 Å². The standard InChI is InChI=1S/C29H23BrN2O3S2/c1-35-24-13-18(22(30)15-23(24)33)14-25-28(34)32-27(17-7-10-19(36-2)11-8-17)21-12-9-16-5-3-4-6-20(16)26(21)31-29(32)37-25/h3-8,10-11,13-15,27,33H,9,12H2,1-2H3. The maximum atomic E-state index is 13.9. The first-order chi connectivity index (χ1) is 18.0. The molecular weight excluding hydrogens is 568 g/mol. The van der Waals surface area contributed by atoms with Crippen LogP contribution in [0.4, 0.5) is 0 Å². The Kier molecular flexibility index (Phi) is 6.34. The van der Waals surface area contributed by atoms with Gasteiger partial charge in [-0.3, -0.25) is 9.36 Å². The van der Waals surface area contributed by atoms with Crippen molar-refractivity contribution in [2.45, 2.75) is 23.8 Å². The van der Waals surface area contributed by atoms with Crippen molar-refractivity contribution >= 4 is 50.8 Å². The van der Waals surface area contributed by atoms with Crippen molar-refractivity contribution in [3.05, 3.63) is 113 Å². The lowest BCUT2D eigenvalue weighted by Crippen LogP contribution is -2.38. The van der Waals surface area contributed by atoms with Crippen LogP contribution in [0.5, 0.6) is 11.5 Å². The van der Waals surface area contributed by atoms with Crippen molar-refractivity contribution in [3.63, 3.8) is 0 Å². The summed E-state index contributed by atoms with van der Waals surface area (Å²) in [7, 11) is 1.51. The zero-order valence-corrected chi connectivity index (χ0v) is 23.4. The van der Waals surface area contributed by atoms with Crippen LogP contribution in [0.3, 0.4) is 0 Å². The highest BCUT2D eigenvalue weighted by Gasteiger charge is 2.32. The summed E-state index contributed by atoms with van der Waals surface area (Å²) in [5.41, 5.74) is 6.36. The van der Waals surface area contributed by atoms with E-state index in [0.717, 1.165) is 35.2 Å². The van der Waals surface area contributed by atoms with E-state index >= 15 is 0 Å². The van der Waals surface area contributed by atoms with Gasteiger partial charge in [-0.25, -0.2) is 4.99 Å². The van der Waals surface area contributed by atoms with Crippen molar-refractivity contribution in [2.24, 2.45) is 4.99 Å². The van der Waals surface area contributed by atoms with E-state index in [4.69, 9.17) is 9.73 Å². The number of aryl methyl sites for hydroxylation is 1. The Morgan fingerprint density at radius 3 is 2.70 bits per heavy atom. The number of thiazole rings is 1. The van der Waals surface area contributed by atoms with Gasteiger partial charge in [0.05, 0.1) is 23.4 Å². The molecule has 0 bridgehead atoms. The number of phenolic OH excluding ortho intramolecular Hbond substituents is 1. The van der Waals surface area contributed by atoms with Crippen LogP contribution in [0, 0.1) is 0 Å². The minimum atomic E-state index is -0.213. The molecule has 6 rings (SSSR count). The fraction of sp³-hybridized carbons (Fsp3) is 0.172. The Morgan fingerprint density at radius 1 is 1.16 bits per heavy atom. The fourth-order valence-corrected chi connectivity index (χ4v) is 6.93. The molecule has 1 aromatic heterocycles. The first-order valence-corrected chi connectivity index (χ1v) is 14.7. The van der Waals surface area contributed by atoms with Crippen LogP contribution >= 0.6 is 39.0 Å². The summed E-state index contributed by atoms with van der Waals surface area (Å²) < 4.78 is 8.38. The van der Waals surface area contributed by atoms with E-state index in [0.29, 0.717) is 19.6 Å². The number of benzene rings is 3. The molecule has 1 unspecified atom stereocenters. The summed E-state index contributed by atoms with van der Waals surface area (Å²) in [6.07, 6.45) is 5.68. The van der Waals surface area contributed by atoms with Crippen molar-refractivity contribution in [2.75, 3.05) is 13.4 Å². The highest BCUT2D eigenvalue weighted by Crippen LogP contribution is 2.41. The van der Waals surface area contributed by atoms with E-state index in [1.807, 2.05) is 10.6 Å². The first kappa shape index (κ1) is 24.3. The molecular formula is C29H23BrN2O3S2. The summed E-state index contributed by atoms with van der Waals surface area (Å²) in [5, 5.41) is 10.1. The predicted molar refractivity (Wildman–Crippen MR) is 153 cm³/mol. The lowest BCUT2D eigenvalue weighted by Gasteiger charge is -2.30. The van der Waals surface area contributed by atoms with E-state index < -0.39 is 0 Å². The summed E-state index contributed by atoms with van der Waals surface area (Å²) in [6, 6.07) is 20.0. The average molecular weight is 592 g/mol. The predicted octanol–water partition coefficient (Wildman–Crippen LogP) is 5.52. The molecule has 0 saturated carbocycles. The van der Waals surface area contributed by atoms with Crippen molar-refractivity contribution in [1.82, 2.24) is 4.57 Å². The molecule has 1 aliphatic heterocycles. The molecule has 0 amide bonds. The highest BCUT2D eigenvalue weighted by atomic mass is 79.9. The SMILES string of the molecule is COc1cc(C=c2sc3n(c2=O)C(c2ccc(SC)cc2)C2=C(N=3)c3ccccc3CC2)c(Br)cc1O. The number of phenols is 1. The first-order valence-electron chi connectivity index (χ1n) is 11.8. The monoisotopic (exact) mass is 590 g/mol. The number of fused-ring (bicyclic) bond motifs is 3. The van der Waals surface area contributed by atoms with Crippen LogP contribution in [0.1, 0.15) is 34.7 Å². The van der Waals surface area contributed by atoms with E-state index in [1.54, 1.807) is 23.9 Å². The number of ether oxygens (including phenoxy) is 1. The second-order valence-corrected chi connectivity index (χ2v) is 11.7. The van der Waals surface area contributed by atoms with Crippen LogP contribution in [0.25, 0.3) is 11.8 Å². The van der Waals surface area contributed by atoms with E-state index in [9.17, 15) is 9.90 Å². The van der Waals surface area contributed by atoms with Gasteiger partial charge < -0.3 is 9.84 Å². The maximum Gasteiger partial charge on any atom is 0.271 e. The highest BCUT2D eigenvalue weighted by molar-refractivity contribution is 9.10. The molecule has 3 aromatic carbocycles. The number of aromatic hydroxyl groups is 1. The zero-order chi connectivity index (χ0) is 25.7. The summed E-state index contributed by atoms with van der Waals surface area (Å²) in [4.78, 5) is 20.9. The van der Waals surface area contributed by atoms with Gasteiger partial charge in [0.25, 0.3) is 5.56 Å². The molecule has 0 saturated heterocycles. The molecule has 0 fully saturated rings. The van der Waals surface area contributed by atoms with Crippen LogP contribution in [0.2, 0.25) is 0 Å². The second kappa shape index (κ2) is 9.67. The van der Waals surface area contributed by atoms with Crippen molar-refractivity contribution in [3.8, 4) is 11.5 Å². The van der Waals surface area contributed by atoms with E-state index in [-0.39, 0.29) is 17.4 Å². The van der Waals surface area contributed by atoms with E-state index in [1.165, 1.54) is 34.5 Å². The largest absolute Gasteiger partial charge is 0.504 e. The number of thioether (sulfide) groups is 1. The average Bonchev–Trinajstić information content (AvgIpc) is 3.23. The molecule has 8 heteroatoms. The van der Waals surface area contributed by atoms with Crippen LogP contribution in [0.15, 0.2) is 85.4 Å². The molecule has 2 aliphatic rings. The quantitative estimate of drug-likeness (QED) is 0.318. The lowest BCUT2D eigenvalue weighted by molar-refractivity contribution is 0.373. The second-order valence-electron chi connectivity index (χ2n) is 8.93. The van der Waals surface area contributed by atoms with Gasteiger partial charge in [-0.05, 0) is 71.7 Å². The molecule has 186 valence electrons. The van der Waals surface area contributed by atoms with Crippen LogP contribution in [-0.4, -0.2) is 23.0 Å². The Balaban J connectivity index is 1.60. The Hall–Kier alpha value is -3.07. The third kappa shape index (κ3) is 4.17. The number of hydrogen-bond acceptors (Lipinski definition) is 6. The third-order valence-electron chi connectivity index (χ3n) is 6.89. The van der Waals surface area contributed by atoms with Crippen molar-refractivity contribution in [1.29, 1.82) is 0 Å². The van der Waals surface area contributed by atoms with Crippen LogP contribution in [-0.2, 0) is 6.42 Å². The van der Waals surface area contributed by atoms with Gasteiger partial charge in [0, 0.05) is 14.9 Å². The number of methoxy groups -OCH3 is 1. The topological polar surface area (TPSA) is 63.8 Å². The molecule has 37 heavy (non-hydrogen) atoms. The minimum absolute atomic E-state index is 0.0352. The van der Waals surface area contributed by atoms with Gasteiger partial charge in [0.1, 0.15) is 0 Å². The van der Waals surface area contributed by atoms with Gasteiger partial charge in [-0.2, -0.15) is 0 Å². The number of aromatic nitrogens is 1. The van der Waals surface area contributed by atoms with E-state index in [2.05, 4.69) is 70.7 Å². The van der Waals surface area contributed by atoms with Gasteiger partial charge in [-0.15, -0.1) is 11.8 Å². The van der Waals surface area contributed by atoms with Gasteiger partial charge in [0.15, 0.2) is 16.3 Å². The lowest BCUT2D eigenvalue weighted by atomic mass is 9.83. The molecule has 1 N–H and O–H groups in total. The molecule has 0 radical (unpaired) electrons. The number of hydrogen-bond donors (Lipinski definition) is 1. The minimum Gasteiger partial charge on any atom is -0.504 e. The maximum absolute atomic E-state index is 13.9. The molecule has 1 aliphatic carbocycles. The molecule has 2 heterocycles. The van der Waals surface area contributed by atoms with Crippen molar-refractivity contribution < 1.29 is 9.84 Å². The Bertz CT molecular complexity index is 1750. The smallest absolute Gasteiger partial charge is 0.271 e. The number of allylic oxidation sites excluding steroid dienone is 1. The summed E-state index contributed by atoms with van der Waals surface area (Å²) >= 11 is 6.60. The fourth-order valence-electron chi connectivity index (χ4n) is 5.08. The molecule has 0 spiro atoms. The third-order valence-corrected chi connectivity index (χ3v) is 9.30. The Morgan fingerprint density at radius 2 is 1.95 bits per heavy atom. The zero-order valence-electron chi connectivity index (χ0n) is 20.2. The number of rotatable bonds is 4. The van der Waals surface area contributed by atoms with Gasteiger partial charge >= 0.3 is 0 Å². The summed E-state index contributed by atoms with van der Waals surface area (Å²) in [5.74, 6) is 0.383. The number of halogens is 1. The summed E-state index contributed by atoms with van der Waals surface area (Å²) in [6.45, 7) is 0. The molecule has 4 aromatic rings. The van der Waals surface area contributed by atoms with Gasteiger partial charge in [-0.1, -0.05) is 63.7 Å².